The van der Waals surface area contributed by atoms with Gasteiger partial charge >= 0.3 is 6.03 Å². The molecule has 0 bridgehead atoms. The highest BCUT2D eigenvalue weighted by atomic mass is 79.9. The average Bonchev–Trinajstić information content (AvgIpc) is 2.86. The number of hydrogen-bond donors (Lipinski definition) is 2. The van der Waals surface area contributed by atoms with Crippen molar-refractivity contribution in [1.29, 1.82) is 0 Å². The molecule has 1 aliphatic heterocycles. The molecule has 2 aromatic carbocycles. The highest BCUT2D eigenvalue weighted by molar-refractivity contribution is 9.10. The summed E-state index contributed by atoms with van der Waals surface area (Å²) in [5, 5.41) is 4.77. The van der Waals surface area contributed by atoms with Gasteiger partial charge < -0.3 is 10.6 Å². The minimum atomic E-state index is -0.711. The molecule has 2 aromatic rings. The predicted molar refractivity (Wildman–Crippen MR) is 97.4 cm³/mol. The van der Waals surface area contributed by atoms with Crippen molar-refractivity contribution in [1.82, 2.24) is 10.2 Å². The fourth-order valence-electron chi connectivity index (χ4n) is 2.36. The molecule has 1 fully saturated rings. The van der Waals surface area contributed by atoms with Crippen LogP contribution in [0.15, 0.2) is 58.7 Å². The van der Waals surface area contributed by atoms with E-state index in [0.717, 1.165) is 9.37 Å². The lowest BCUT2D eigenvalue weighted by Gasteiger charge is -2.12. The van der Waals surface area contributed by atoms with E-state index >= 15 is 0 Å². The molecule has 0 aromatic heterocycles. The fourth-order valence-corrected chi connectivity index (χ4v) is 2.76. The summed E-state index contributed by atoms with van der Waals surface area (Å²) in [6.07, 6.45) is 1.51. The zero-order valence-electron chi connectivity index (χ0n) is 13.3. The van der Waals surface area contributed by atoms with Crippen molar-refractivity contribution in [2.24, 2.45) is 0 Å². The third-order valence-electron chi connectivity index (χ3n) is 3.62. The first-order valence-electron chi connectivity index (χ1n) is 7.59. The number of para-hydroxylation sites is 1. The van der Waals surface area contributed by atoms with Gasteiger partial charge in [-0.25, -0.2) is 14.1 Å². The first kappa shape index (κ1) is 17.8. The lowest BCUT2D eigenvalue weighted by molar-refractivity contribution is -0.127. The van der Waals surface area contributed by atoms with Crippen LogP contribution in [0.1, 0.15) is 5.56 Å². The number of hydrogen-bond acceptors (Lipinski definition) is 3. The van der Waals surface area contributed by atoms with Crippen molar-refractivity contribution in [3.8, 4) is 0 Å². The monoisotopic (exact) mass is 417 g/mol. The minimum absolute atomic E-state index is 0.0199. The van der Waals surface area contributed by atoms with Gasteiger partial charge in [-0.05, 0) is 29.8 Å². The quantitative estimate of drug-likeness (QED) is 0.592. The zero-order chi connectivity index (χ0) is 18.7. The summed E-state index contributed by atoms with van der Waals surface area (Å²) < 4.78 is 14.3. The molecule has 2 N–H and O–H groups in total. The van der Waals surface area contributed by atoms with Crippen molar-refractivity contribution in [2.75, 3.05) is 11.9 Å². The smallest absolute Gasteiger partial charge is 0.322 e. The predicted octanol–water partition coefficient (Wildman–Crippen LogP) is 3.12. The summed E-state index contributed by atoms with van der Waals surface area (Å²) >= 11 is 3.36. The van der Waals surface area contributed by atoms with Crippen LogP contribution in [-0.4, -0.2) is 29.3 Å². The molecule has 1 aliphatic rings. The molecule has 4 amide bonds. The molecule has 0 spiro atoms. The first-order chi connectivity index (χ1) is 12.5. The molecule has 0 radical (unpaired) electrons. The third-order valence-corrected chi connectivity index (χ3v) is 4.34. The number of carbonyl (C=O) groups excluding carboxylic acids is 3. The Balaban J connectivity index is 1.72. The van der Waals surface area contributed by atoms with Gasteiger partial charge in [0, 0.05) is 4.47 Å². The topological polar surface area (TPSA) is 78.5 Å². The summed E-state index contributed by atoms with van der Waals surface area (Å²) in [6.45, 7) is -0.522. The maximum Gasteiger partial charge on any atom is 0.329 e. The van der Waals surface area contributed by atoms with Crippen LogP contribution < -0.4 is 10.6 Å². The van der Waals surface area contributed by atoms with Crippen molar-refractivity contribution >= 4 is 45.5 Å². The van der Waals surface area contributed by atoms with E-state index in [2.05, 4.69) is 26.6 Å². The molecule has 1 saturated heterocycles. The van der Waals surface area contributed by atoms with E-state index < -0.39 is 30.2 Å². The number of nitrogens with one attached hydrogen (secondary N) is 2. The molecule has 132 valence electrons. The number of anilines is 1. The van der Waals surface area contributed by atoms with Crippen molar-refractivity contribution in [2.45, 2.75) is 0 Å². The van der Waals surface area contributed by atoms with E-state index in [1.54, 1.807) is 24.3 Å². The van der Waals surface area contributed by atoms with E-state index in [4.69, 9.17) is 0 Å². The molecule has 0 atom stereocenters. The molecular weight excluding hydrogens is 405 g/mol. The Kier molecular flexibility index (Phi) is 5.13. The highest BCUT2D eigenvalue weighted by Gasteiger charge is 2.35. The Hall–Kier alpha value is -3.00. The molecule has 26 heavy (non-hydrogen) atoms. The Labute approximate surface area is 156 Å². The SMILES string of the molecule is O=C(CN1C(=O)N/C(=C/c2ccccc2Br)C1=O)Nc1ccccc1F. The molecule has 0 aliphatic carbocycles. The average molecular weight is 418 g/mol. The van der Waals surface area contributed by atoms with E-state index in [-0.39, 0.29) is 11.4 Å². The van der Waals surface area contributed by atoms with E-state index in [0.29, 0.717) is 5.56 Å². The van der Waals surface area contributed by atoms with Gasteiger partial charge in [-0.15, -0.1) is 0 Å². The fraction of sp³-hybridized carbons (Fsp3) is 0.0556. The van der Waals surface area contributed by atoms with Gasteiger partial charge in [0.15, 0.2) is 0 Å². The first-order valence-corrected chi connectivity index (χ1v) is 8.38. The summed E-state index contributed by atoms with van der Waals surface area (Å²) in [5.41, 5.74) is 0.739. The number of nitrogens with zero attached hydrogens (tertiary/aromatic N) is 1. The molecule has 0 unspecified atom stereocenters. The van der Waals surface area contributed by atoms with Gasteiger partial charge in [0.1, 0.15) is 18.1 Å². The van der Waals surface area contributed by atoms with Crippen LogP contribution in [0.4, 0.5) is 14.9 Å². The summed E-state index contributed by atoms with van der Waals surface area (Å²) in [6, 6.07) is 12.1. The molecule has 6 nitrogen and oxygen atoms in total. The summed E-state index contributed by atoms with van der Waals surface area (Å²) in [5.74, 6) is -1.91. The Bertz CT molecular complexity index is 929. The van der Waals surface area contributed by atoms with Crippen molar-refractivity contribution in [3.05, 3.63) is 70.1 Å². The van der Waals surface area contributed by atoms with E-state index in [1.165, 1.54) is 24.3 Å². The van der Waals surface area contributed by atoms with Crippen LogP contribution in [0.5, 0.6) is 0 Å². The number of urea groups is 1. The van der Waals surface area contributed by atoms with Gasteiger partial charge in [0.2, 0.25) is 5.91 Å². The maximum atomic E-state index is 13.6. The van der Waals surface area contributed by atoms with Gasteiger partial charge in [0.25, 0.3) is 5.91 Å². The number of benzene rings is 2. The molecule has 0 saturated carbocycles. The summed E-state index contributed by atoms with van der Waals surface area (Å²) in [4.78, 5) is 37.2. The summed E-state index contributed by atoms with van der Waals surface area (Å²) in [7, 11) is 0. The van der Waals surface area contributed by atoms with Gasteiger partial charge in [0.05, 0.1) is 5.69 Å². The Morgan fingerprint density at radius 1 is 1.15 bits per heavy atom. The van der Waals surface area contributed by atoms with Gasteiger partial charge in [-0.3, -0.25) is 9.59 Å². The number of imide groups is 1. The number of halogens is 2. The molecule has 8 heteroatoms. The molecule has 1 heterocycles. The Morgan fingerprint density at radius 2 is 1.85 bits per heavy atom. The largest absolute Gasteiger partial charge is 0.329 e. The number of amides is 4. The molecule has 3 rings (SSSR count). The van der Waals surface area contributed by atoms with Crippen LogP contribution in [0.25, 0.3) is 6.08 Å². The van der Waals surface area contributed by atoms with E-state index in [1.807, 2.05) is 6.07 Å². The Morgan fingerprint density at radius 3 is 2.58 bits per heavy atom. The maximum absolute atomic E-state index is 13.6. The minimum Gasteiger partial charge on any atom is -0.322 e. The standard InChI is InChI=1S/C18H13BrFN3O3/c19-12-6-2-1-5-11(12)9-15-17(25)23(18(26)22-15)10-16(24)21-14-8-4-3-7-13(14)20/h1-9H,10H2,(H,21,24)(H,22,26)/b15-9+. The normalized spacial score (nSPS) is 15.3. The molecular formula is C18H13BrFN3O3. The number of carbonyl (C=O) groups is 3. The van der Waals surface area contributed by atoms with Crippen molar-refractivity contribution in [3.63, 3.8) is 0 Å². The van der Waals surface area contributed by atoms with Crippen LogP contribution >= 0.6 is 15.9 Å². The second-order valence-corrected chi connectivity index (χ2v) is 6.28. The third kappa shape index (κ3) is 3.80. The highest BCUT2D eigenvalue weighted by Crippen LogP contribution is 2.21. The van der Waals surface area contributed by atoms with Crippen LogP contribution in [0.2, 0.25) is 0 Å². The second kappa shape index (κ2) is 7.49. The van der Waals surface area contributed by atoms with Gasteiger partial charge in [-0.2, -0.15) is 0 Å². The zero-order valence-corrected chi connectivity index (χ0v) is 14.9. The van der Waals surface area contributed by atoms with E-state index in [9.17, 15) is 18.8 Å². The van der Waals surface area contributed by atoms with Crippen LogP contribution in [0, 0.1) is 5.82 Å². The van der Waals surface area contributed by atoms with Crippen molar-refractivity contribution < 1.29 is 18.8 Å². The second-order valence-electron chi connectivity index (χ2n) is 5.43. The van der Waals surface area contributed by atoms with Crippen LogP contribution in [-0.2, 0) is 9.59 Å². The number of rotatable bonds is 4. The lowest BCUT2D eigenvalue weighted by Crippen LogP contribution is -2.38. The lowest BCUT2D eigenvalue weighted by atomic mass is 10.2. The van der Waals surface area contributed by atoms with Gasteiger partial charge in [-0.1, -0.05) is 46.3 Å². The van der Waals surface area contributed by atoms with Crippen LogP contribution in [0.3, 0.4) is 0 Å².